The van der Waals surface area contributed by atoms with Gasteiger partial charge >= 0.3 is 5.97 Å². The van der Waals surface area contributed by atoms with Crippen molar-refractivity contribution in [1.82, 2.24) is 10.6 Å². The minimum absolute atomic E-state index is 0.153. The summed E-state index contributed by atoms with van der Waals surface area (Å²) >= 11 is 0. The van der Waals surface area contributed by atoms with Crippen molar-refractivity contribution in [3.8, 4) is 0 Å². The molecule has 0 radical (unpaired) electrons. The van der Waals surface area contributed by atoms with Crippen molar-refractivity contribution in [2.45, 2.75) is 39.7 Å². The Morgan fingerprint density at radius 2 is 1.88 bits per heavy atom. The monoisotopic (exact) mass is 230 g/mol. The van der Waals surface area contributed by atoms with E-state index in [-0.39, 0.29) is 19.0 Å². The summed E-state index contributed by atoms with van der Waals surface area (Å²) in [6.07, 6.45) is 1.48. The zero-order chi connectivity index (χ0) is 12.6. The normalized spacial score (nSPS) is 14.2. The van der Waals surface area contributed by atoms with Crippen molar-refractivity contribution in [2.24, 2.45) is 5.92 Å². The van der Waals surface area contributed by atoms with Gasteiger partial charge in [-0.25, -0.2) is 0 Å². The summed E-state index contributed by atoms with van der Waals surface area (Å²) in [4.78, 5) is 22.0. The lowest BCUT2D eigenvalue weighted by molar-refractivity contribution is -0.141. The molecule has 2 unspecified atom stereocenters. The summed E-state index contributed by atoms with van der Waals surface area (Å²) in [7, 11) is 0. The minimum atomic E-state index is -0.863. The summed E-state index contributed by atoms with van der Waals surface area (Å²) in [5.74, 6) is -1.51. The Labute approximate surface area is 96.6 Å². The summed E-state index contributed by atoms with van der Waals surface area (Å²) in [6, 6.07) is 0.298. The largest absolute Gasteiger partial charge is 0.481 e. The third-order valence-electron chi connectivity index (χ3n) is 2.61. The summed E-state index contributed by atoms with van der Waals surface area (Å²) < 4.78 is 0. The van der Waals surface area contributed by atoms with Crippen LogP contribution in [0.3, 0.4) is 0 Å². The van der Waals surface area contributed by atoms with Gasteiger partial charge in [-0.2, -0.15) is 0 Å². The number of hydrogen-bond donors (Lipinski definition) is 3. The lowest BCUT2D eigenvalue weighted by atomic mass is 10.1. The second-order valence-corrected chi connectivity index (χ2v) is 3.94. The molecule has 0 aliphatic heterocycles. The smallest absolute Gasteiger partial charge is 0.308 e. The highest BCUT2D eigenvalue weighted by Crippen LogP contribution is 1.99. The first kappa shape index (κ1) is 14.9. The molecule has 16 heavy (non-hydrogen) atoms. The molecule has 0 heterocycles. The molecule has 0 aliphatic rings. The van der Waals surface area contributed by atoms with Crippen LogP contribution in [0, 0.1) is 5.92 Å². The standard InChI is InChI=1S/C11H22N2O3/c1-4-8(3)12-7-10(14)13-6-9(5-2)11(15)16/h8-9,12H,4-7H2,1-3H3,(H,13,14)(H,15,16). The van der Waals surface area contributed by atoms with Crippen molar-refractivity contribution in [1.29, 1.82) is 0 Å². The third kappa shape index (κ3) is 6.40. The van der Waals surface area contributed by atoms with Crippen molar-refractivity contribution in [3.05, 3.63) is 0 Å². The van der Waals surface area contributed by atoms with Crippen LogP contribution in [0.25, 0.3) is 0 Å². The molecule has 0 saturated carbocycles. The van der Waals surface area contributed by atoms with Crippen LogP contribution in [-0.2, 0) is 9.59 Å². The molecule has 5 nitrogen and oxygen atoms in total. The Morgan fingerprint density at radius 1 is 1.25 bits per heavy atom. The first-order valence-electron chi connectivity index (χ1n) is 5.74. The van der Waals surface area contributed by atoms with Crippen molar-refractivity contribution in [2.75, 3.05) is 13.1 Å². The fraction of sp³-hybridized carbons (Fsp3) is 0.818. The Kier molecular flexibility index (Phi) is 7.54. The molecule has 0 aromatic heterocycles. The van der Waals surface area contributed by atoms with Crippen LogP contribution in [0.15, 0.2) is 0 Å². The maximum absolute atomic E-state index is 11.3. The van der Waals surface area contributed by atoms with Gasteiger partial charge in [0.2, 0.25) is 5.91 Å². The van der Waals surface area contributed by atoms with E-state index in [1.807, 2.05) is 13.8 Å². The minimum Gasteiger partial charge on any atom is -0.481 e. The quantitative estimate of drug-likeness (QED) is 0.570. The summed E-state index contributed by atoms with van der Waals surface area (Å²) in [5, 5.41) is 14.4. The van der Waals surface area contributed by atoms with Crippen molar-refractivity contribution >= 4 is 11.9 Å². The van der Waals surface area contributed by atoms with Gasteiger partial charge in [-0.05, 0) is 19.8 Å². The fourth-order valence-electron chi connectivity index (χ4n) is 1.12. The third-order valence-corrected chi connectivity index (χ3v) is 2.61. The average Bonchev–Trinajstić information content (AvgIpc) is 2.26. The molecule has 0 fully saturated rings. The molecule has 0 rings (SSSR count). The molecule has 0 saturated heterocycles. The van der Waals surface area contributed by atoms with Gasteiger partial charge in [-0.3, -0.25) is 9.59 Å². The van der Waals surface area contributed by atoms with Crippen LogP contribution in [0.1, 0.15) is 33.6 Å². The van der Waals surface area contributed by atoms with Crippen molar-refractivity contribution < 1.29 is 14.7 Å². The number of carboxylic acids is 1. The number of carbonyl (C=O) groups excluding carboxylic acids is 1. The molecule has 94 valence electrons. The molecule has 0 bridgehead atoms. The van der Waals surface area contributed by atoms with E-state index in [9.17, 15) is 9.59 Å². The van der Waals surface area contributed by atoms with Gasteiger partial charge in [0.05, 0.1) is 12.5 Å². The number of carbonyl (C=O) groups is 2. The highest BCUT2D eigenvalue weighted by atomic mass is 16.4. The molecule has 2 atom stereocenters. The van der Waals surface area contributed by atoms with Gasteiger partial charge < -0.3 is 15.7 Å². The maximum Gasteiger partial charge on any atom is 0.308 e. The second kappa shape index (κ2) is 8.10. The number of hydrogen-bond acceptors (Lipinski definition) is 3. The first-order valence-corrected chi connectivity index (χ1v) is 5.74. The molecule has 0 aliphatic carbocycles. The van der Waals surface area contributed by atoms with E-state index in [0.717, 1.165) is 6.42 Å². The van der Waals surface area contributed by atoms with E-state index < -0.39 is 11.9 Å². The maximum atomic E-state index is 11.3. The average molecular weight is 230 g/mol. The number of rotatable bonds is 8. The van der Waals surface area contributed by atoms with Crippen LogP contribution >= 0.6 is 0 Å². The van der Waals surface area contributed by atoms with E-state index in [2.05, 4.69) is 10.6 Å². The number of nitrogens with one attached hydrogen (secondary N) is 2. The summed E-state index contributed by atoms with van der Waals surface area (Å²) in [5.41, 5.74) is 0. The number of carboxylic acid groups (broad SMARTS) is 1. The zero-order valence-electron chi connectivity index (χ0n) is 10.2. The van der Waals surface area contributed by atoms with E-state index in [1.165, 1.54) is 0 Å². The van der Waals surface area contributed by atoms with Crippen LogP contribution in [0.4, 0.5) is 0 Å². The molecular formula is C11H22N2O3. The zero-order valence-corrected chi connectivity index (χ0v) is 10.2. The van der Waals surface area contributed by atoms with Crippen LogP contribution in [0.2, 0.25) is 0 Å². The molecule has 3 N–H and O–H groups in total. The van der Waals surface area contributed by atoms with Gasteiger partial charge in [0, 0.05) is 12.6 Å². The summed E-state index contributed by atoms with van der Waals surface area (Å²) in [6.45, 7) is 6.27. The Hall–Kier alpha value is -1.10. The molecule has 0 aromatic carbocycles. The molecule has 1 amide bonds. The van der Waals surface area contributed by atoms with E-state index >= 15 is 0 Å². The topological polar surface area (TPSA) is 78.4 Å². The van der Waals surface area contributed by atoms with E-state index in [1.54, 1.807) is 6.92 Å². The number of aliphatic carboxylic acids is 1. The highest BCUT2D eigenvalue weighted by molar-refractivity contribution is 5.79. The molecule has 5 heteroatoms. The predicted octanol–water partition coefficient (Wildman–Crippen LogP) is 0.601. The predicted molar refractivity (Wildman–Crippen MR) is 62.2 cm³/mol. The van der Waals surface area contributed by atoms with Gasteiger partial charge in [0.1, 0.15) is 0 Å². The Morgan fingerprint density at radius 3 is 2.31 bits per heavy atom. The molecular weight excluding hydrogens is 208 g/mol. The van der Waals surface area contributed by atoms with Crippen LogP contribution in [-0.4, -0.2) is 36.1 Å². The van der Waals surface area contributed by atoms with E-state index in [4.69, 9.17) is 5.11 Å². The highest BCUT2D eigenvalue weighted by Gasteiger charge is 2.15. The Bertz CT molecular complexity index is 231. The number of amides is 1. The molecule has 0 spiro atoms. The fourth-order valence-corrected chi connectivity index (χ4v) is 1.12. The van der Waals surface area contributed by atoms with Crippen molar-refractivity contribution in [3.63, 3.8) is 0 Å². The van der Waals surface area contributed by atoms with Crippen LogP contribution < -0.4 is 10.6 Å². The molecule has 0 aromatic rings. The first-order chi connectivity index (χ1) is 7.51. The Balaban J connectivity index is 3.76. The van der Waals surface area contributed by atoms with Gasteiger partial charge in [-0.1, -0.05) is 13.8 Å². The van der Waals surface area contributed by atoms with Gasteiger partial charge in [0.15, 0.2) is 0 Å². The van der Waals surface area contributed by atoms with E-state index in [0.29, 0.717) is 12.5 Å². The lowest BCUT2D eigenvalue weighted by Gasteiger charge is -2.13. The van der Waals surface area contributed by atoms with Gasteiger partial charge in [-0.15, -0.1) is 0 Å². The van der Waals surface area contributed by atoms with Crippen LogP contribution in [0.5, 0.6) is 0 Å². The lowest BCUT2D eigenvalue weighted by Crippen LogP contribution is -2.40. The second-order valence-electron chi connectivity index (χ2n) is 3.94. The van der Waals surface area contributed by atoms with Gasteiger partial charge in [0.25, 0.3) is 0 Å². The SMILES string of the molecule is CCC(C)NCC(=O)NCC(CC)C(=O)O.